The summed E-state index contributed by atoms with van der Waals surface area (Å²) in [6, 6.07) is 20.6. The van der Waals surface area contributed by atoms with E-state index in [9.17, 15) is 18.0 Å². The summed E-state index contributed by atoms with van der Waals surface area (Å²) in [4.78, 5) is 27.0. The summed E-state index contributed by atoms with van der Waals surface area (Å²) in [6.45, 7) is 6.45. The summed E-state index contributed by atoms with van der Waals surface area (Å²) in [5.74, 6) is 1.50. The van der Waals surface area contributed by atoms with E-state index in [2.05, 4.69) is 57.6 Å². The van der Waals surface area contributed by atoms with Gasteiger partial charge < -0.3 is 14.5 Å². The molecule has 1 saturated heterocycles. The number of halogens is 4. The Labute approximate surface area is 299 Å². The molecule has 1 saturated carbocycles. The molecule has 14 heteroatoms. The Hall–Kier alpha value is -3.81. The number of likely N-dealkylation sites (tertiary alicyclic amines) is 1. The summed E-state index contributed by atoms with van der Waals surface area (Å²) in [7, 11) is 2.20. The highest BCUT2D eigenvalue weighted by atomic mass is 35.5. The second kappa shape index (κ2) is 14.8. The molecule has 1 aliphatic carbocycles. The van der Waals surface area contributed by atoms with E-state index in [-0.39, 0.29) is 48.0 Å². The van der Waals surface area contributed by atoms with Crippen molar-refractivity contribution >= 4 is 41.0 Å². The Bertz CT molecular complexity index is 1780. The normalized spacial score (nSPS) is 18.2. The monoisotopic (exact) mass is 727 g/mol. The van der Waals surface area contributed by atoms with Crippen LogP contribution in [0.15, 0.2) is 78.0 Å². The average Bonchev–Trinajstić information content (AvgIpc) is 3.66. The molecule has 2 aliphatic rings. The summed E-state index contributed by atoms with van der Waals surface area (Å²) in [5, 5.41) is 4.82. The summed E-state index contributed by atoms with van der Waals surface area (Å²) < 4.78 is 49.2. The molecule has 1 aliphatic heterocycles. The highest BCUT2D eigenvalue weighted by Gasteiger charge is 2.62. The van der Waals surface area contributed by atoms with E-state index in [1.165, 1.54) is 23.2 Å². The molecule has 1 amide bonds. The minimum atomic E-state index is -4.23. The van der Waals surface area contributed by atoms with Crippen LogP contribution in [0.4, 0.5) is 24.7 Å². The van der Waals surface area contributed by atoms with E-state index in [4.69, 9.17) is 21.3 Å². The van der Waals surface area contributed by atoms with Gasteiger partial charge in [-0.2, -0.15) is 13.2 Å². The van der Waals surface area contributed by atoms with Gasteiger partial charge in [0.25, 0.3) is 5.91 Å². The van der Waals surface area contributed by atoms with Crippen molar-refractivity contribution in [1.82, 2.24) is 29.4 Å². The Balaban J connectivity index is 1.05. The second-order valence-electron chi connectivity index (χ2n) is 13.7. The van der Waals surface area contributed by atoms with Crippen LogP contribution < -0.4 is 14.4 Å². The number of amides is 1. The van der Waals surface area contributed by atoms with E-state index >= 15 is 0 Å². The zero-order valence-electron chi connectivity index (χ0n) is 28.3. The van der Waals surface area contributed by atoms with Crippen LogP contribution in [0.2, 0.25) is 5.15 Å². The number of hydrogen-bond donors (Lipinski definition) is 1. The maximum atomic E-state index is 13.2. The van der Waals surface area contributed by atoms with Gasteiger partial charge in [0.15, 0.2) is 5.82 Å². The van der Waals surface area contributed by atoms with Crippen molar-refractivity contribution in [2.45, 2.75) is 69.1 Å². The summed E-state index contributed by atoms with van der Waals surface area (Å²) in [6.07, 6.45) is 0.829. The number of pyridine rings is 2. The van der Waals surface area contributed by atoms with Crippen LogP contribution in [0, 0.1) is 11.3 Å². The molecule has 6 rings (SSSR count). The third kappa shape index (κ3) is 8.38. The first-order chi connectivity index (χ1) is 23.8. The van der Waals surface area contributed by atoms with Gasteiger partial charge in [0, 0.05) is 48.5 Å². The second-order valence-corrected chi connectivity index (χ2v) is 14.9. The van der Waals surface area contributed by atoms with Gasteiger partial charge in [0.2, 0.25) is 5.88 Å². The lowest BCUT2D eigenvalue weighted by atomic mass is 9.93. The molecule has 0 spiro atoms. The van der Waals surface area contributed by atoms with Crippen molar-refractivity contribution in [3.63, 3.8) is 0 Å². The number of nitrogens with one attached hydrogen (secondary N) is 1. The first-order valence-electron chi connectivity index (χ1n) is 16.7. The number of carbonyl (C=O) groups is 1. The predicted molar refractivity (Wildman–Crippen MR) is 189 cm³/mol. The van der Waals surface area contributed by atoms with Gasteiger partial charge in [0.05, 0.1) is 17.6 Å². The fraction of sp³-hybridized carbons (Fsp3) is 0.444. The molecule has 3 aromatic heterocycles. The molecule has 1 unspecified atom stereocenters. The smallest absolute Gasteiger partial charge is 0.394 e. The van der Waals surface area contributed by atoms with Gasteiger partial charge in [-0.3, -0.25) is 9.52 Å². The molecule has 266 valence electrons. The van der Waals surface area contributed by atoms with E-state index in [1.54, 1.807) is 12.3 Å². The summed E-state index contributed by atoms with van der Waals surface area (Å²) >= 11 is 7.50. The minimum absolute atomic E-state index is 0.0340. The number of alkyl halides is 3. The van der Waals surface area contributed by atoms with Gasteiger partial charge >= 0.3 is 6.18 Å². The zero-order valence-corrected chi connectivity index (χ0v) is 29.9. The molecule has 1 N–H and O–H groups in total. The number of benzene rings is 1. The highest BCUT2D eigenvalue weighted by molar-refractivity contribution is 7.97. The molecule has 4 aromatic rings. The van der Waals surface area contributed by atoms with E-state index < -0.39 is 17.5 Å². The number of hydrogen-bond acceptors (Lipinski definition) is 8. The van der Waals surface area contributed by atoms with Crippen molar-refractivity contribution in [1.29, 1.82) is 0 Å². The van der Waals surface area contributed by atoms with E-state index in [1.807, 2.05) is 36.4 Å². The number of para-hydroxylation sites is 1. The van der Waals surface area contributed by atoms with Gasteiger partial charge in [-0.15, -0.1) is 5.10 Å². The number of rotatable bonds is 14. The van der Waals surface area contributed by atoms with Crippen LogP contribution in [-0.2, 0) is 0 Å². The number of anilines is 2. The molecule has 2 fully saturated rings. The van der Waals surface area contributed by atoms with Crippen LogP contribution >= 0.6 is 23.5 Å². The number of aromatic nitrogens is 4. The standard InChI is InChI=1S/C36H41ClF3N7O2S/c1-34(2)23-25(24-45(34)3)9-8-20-46(26-10-5-4-6-11-26)28-12-7-13-31(41-28)50-44-33(48)27-14-15-29(42-32(27)37)47-21-16-30(43-47)49-22-19-35(17-18-35)36(38,39)40/h4-7,10-16,21,25H,8-9,17-20,22-24H2,1-3H3,(H,44,48). The Morgan fingerprint density at radius 3 is 2.54 bits per heavy atom. The lowest BCUT2D eigenvalue weighted by Gasteiger charge is -2.26. The van der Waals surface area contributed by atoms with Crippen LogP contribution in [0.25, 0.3) is 5.82 Å². The van der Waals surface area contributed by atoms with Gasteiger partial charge in [0.1, 0.15) is 16.0 Å². The maximum Gasteiger partial charge on any atom is 0.394 e. The first-order valence-corrected chi connectivity index (χ1v) is 17.9. The zero-order chi connectivity index (χ0) is 35.5. The topological polar surface area (TPSA) is 88.4 Å². The third-order valence-corrected chi connectivity index (χ3v) is 10.8. The van der Waals surface area contributed by atoms with Crippen LogP contribution in [-0.4, -0.2) is 69.0 Å². The van der Waals surface area contributed by atoms with Crippen molar-refractivity contribution in [3.05, 3.63) is 83.6 Å². The van der Waals surface area contributed by atoms with Gasteiger partial charge in [-0.25, -0.2) is 14.6 Å². The molecular formula is C36H41ClF3N7O2S. The van der Waals surface area contributed by atoms with Crippen molar-refractivity contribution in [2.24, 2.45) is 11.3 Å². The van der Waals surface area contributed by atoms with Crippen molar-refractivity contribution in [2.75, 3.05) is 31.6 Å². The minimum Gasteiger partial charge on any atom is -0.477 e. The predicted octanol–water partition coefficient (Wildman–Crippen LogP) is 8.51. The van der Waals surface area contributed by atoms with Crippen molar-refractivity contribution in [3.8, 4) is 11.7 Å². The van der Waals surface area contributed by atoms with Crippen molar-refractivity contribution < 1.29 is 22.7 Å². The fourth-order valence-electron chi connectivity index (χ4n) is 6.45. The molecule has 50 heavy (non-hydrogen) atoms. The summed E-state index contributed by atoms with van der Waals surface area (Å²) in [5.41, 5.74) is -0.187. The highest BCUT2D eigenvalue weighted by Crippen LogP contribution is 2.59. The maximum absolute atomic E-state index is 13.2. The van der Waals surface area contributed by atoms with Crippen LogP contribution in [0.5, 0.6) is 5.88 Å². The quantitative estimate of drug-likeness (QED) is 0.102. The van der Waals surface area contributed by atoms with E-state index in [0.717, 1.165) is 49.4 Å². The first kappa shape index (κ1) is 36.0. The molecule has 9 nitrogen and oxygen atoms in total. The largest absolute Gasteiger partial charge is 0.477 e. The van der Waals surface area contributed by atoms with Gasteiger partial charge in [-0.05, 0) is 102 Å². The molecule has 0 radical (unpaired) electrons. The molecule has 4 heterocycles. The molecule has 1 atom stereocenters. The number of nitrogens with zero attached hydrogens (tertiary/aromatic N) is 6. The fourth-order valence-corrected chi connectivity index (χ4v) is 7.28. The lowest BCUT2D eigenvalue weighted by molar-refractivity contribution is -0.190. The molecular weight excluding hydrogens is 687 g/mol. The number of ether oxygens (including phenoxy) is 1. The van der Waals surface area contributed by atoms with Gasteiger partial charge in [-0.1, -0.05) is 35.9 Å². The average molecular weight is 728 g/mol. The van der Waals surface area contributed by atoms with Crippen LogP contribution in [0.1, 0.15) is 62.7 Å². The third-order valence-electron chi connectivity index (χ3n) is 9.81. The Morgan fingerprint density at radius 2 is 1.86 bits per heavy atom. The Morgan fingerprint density at radius 1 is 1.08 bits per heavy atom. The number of carbonyl (C=O) groups excluding carboxylic acids is 1. The SMILES string of the molecule is CN1CC(CCCN(c2ccccc2)c2cccc(SNC(=O)c3ccc(-n4ccc(OCCC5(C(F)(F)F)CC5)n4)nc3Cl)n2)CC1(C)C. The Kier molecular flexibility index (Phi) is 10.7. The van der Waals surface area contributed by atoms with Crippen LogP contribution in [0.3, 0.4) is 0 Å². The van der Waals surface area contributed by atoms with E-state index in [0.29, 0.717) is 16.8 Å². The molecule has 0 bridgehead atoms. The molecule has 1 aromatic carbocycles. The lowest BCUT2D eigenvalue weighted by Crippen LogP contribution is -2.34.